The fourth-order valence-electron chi connectivity index (χ4n) is 1.03. The highest BCUT2D eigenvalue weighted by Gasteiger charge is 2.14. The van der Waals surface area contributed by atoms with Crippen molar-refractivity contribution >= 4 is 29.0 Å². The zero-order valence-electron chi connectivity index (χ0n) is 7.47. The molecule has 1 unspecified atom stereocenters. The van der Waals surface area contributed by atoms with Crippen LogP contribution in [0.1, 0.15) is 22.8 Å². The molecule has 0 radical (unpaired) electrons. The zero-order chi connectivity index (χ0) is 10.0. The Balaban J connectivity index is 3.09. The summed E-state index contributed by atoms with van der Waals surface area (Å²) in [6.45, 7) is 3.56. The van der Waals surface area contributed by atoms with Crippen LogP contribution in [0.5, 0.6) is 0 Å². The third-order valence-electron chi connectivity index (χ3n) is 1.75. The van der Waals surface area contributed by atoms with Gasteiger partial charge in [0.1, 0.15) is 0 Å². The third kappa shape index (κ3) is 2.45. The maximum Gasteiger partial charge on any atom is 0.181 e. The summed E-state index contributed by atoms with van der Waals surface area (Å²) in [6.07, 6.45) is 0. The van der Waals surface area contributed by atoms with Crippen LogP contribution in [0, 0.1) is 6.92 Å². The number of halogens is 2. The van der Waals surface area contributed by atoms with Gasteiger partial charge in [-0.05, 0) is 31.5 Å². The Morgan fingerprint density at radius 2 is 2.08 bits per heavy atom. The summed E-state index contributed by atoms with van der Waals surface area (Å²) in [6, 6.07) is 5.31. The first-order valence-corrected chi connectivity index (χ1v) is 4.78. The van der Waals surface area contributed by atoms with E-state index in [-0.39, 0.29) is 5.78 Å². The van der Waals surface area contributed by atoms with Crippen LogP contribution in [-0.4, -0.2) is 11.2 Å². The largest absolute Gasteiger partial charge is 0.292 e. The first-order valence-electron chi connectivity index (χ1n) is 3.97. The molecule has 3 heteroatoms. The van der Waals surface area contributed by atoms with Gasteiger partial charge in [-0.1, -0.05) is 17.7 Å². The van der Waals surface area contributed by atoms with Gasteiger partial charge in [0.2, 0.25) is 0 Å². The van der Waals surface area contributed by atoms with Crippen molar-refractivity contribution in [3.05, 3.63) is 34.3 Å². The monoisotopic (exact) mass is 216 g/mol. The molecule has 1 atom stereocenters. The molecule has 1 rings (SSSR count). The second-order valence-corrected chi connectivity index (χ2v) is 4.03. The SMILES string of the molecule is Cc1ccc(C(=O)C(C)Cl)c(Cl)c1. The number of alkyl halides is 1. The van der Waals surface area contributed by atoms with E-state index in [4.69, 9.17) is 23.2 Å². The van der Waals surface area contributed by atoms with Crippen LogP contribution in [0.2, 0.25) is 5.02 Å². The minimum absolute atomic E-state index is 0.133. The fraction of sp³-hybridized carbons (Fsp3) is 0.300. The first-order chi connectivity index (χ1) is 6.02. The summed E-state index contributed by atoms with van der Waals surface area (Å²) in [5, 5.41) is -0.0577. The van der Waals surface area contributed by atoms with Gasteiger partial charge in [0.25, 0.3) is 0 Å². The standard InChI is InChI=1S/C10H10Cl2O/c1-6-3-4-8(9(12)5-6)10(13)7(2)11/h3-5,7H,1-2H3. The van der Waals surface area contributed by atoms with Crippen LogP contribution >= 0.6 is 23.2 Å². The number of benzene rings is 1. The summed E-state index contributed by atoms with van der Waals surface area (Å²) in [5.41, 5.74) is 1.53. The molecule has 1 aromatic carbocycles. The van der Waals surface area contributed by atoms with Gasteiger partial charge in [-0.15, -0.1) is 11.6 Å². The number of carbonyl (C=O) groups excluding carboxylic acids is 1. The Morgan fingerprint density at radius 3 is 2.54 bits per heavy atom. The Bertz CT molecular complexity index is 332. The molecule has 70 valence electrons. The van der Waals surface area contributed by atoms with Crippen molar-refractivity contribution in [2.45, 2.75) is 19.2 Å². The smallest absolute Gasteiger partial charge is 0.181 e. The predicted octanol–water partition coefficient (Wildman–Crippen LogP) is 3.46. The molecule has 0 saturated heterocycles. The quantitative estimate of drug-likeness (QED) is 0.547. The van der Waals surface area contributed by atoms with E-state index in [0.717, 1.165) is 5.56 Å². The first kappa shape index (κ1) is 10.6. The molecule has 0 fully saturated rings. The van der Waals surface area contributed by atoms with E-state index in [0.29, 0.717) is 10.6 Å². The second kappa shape index (κ2) is 4.12. The molecule has 0 aliphatic carbocycles. The van der Waals surface area contributed by atoms with Crippen LogP contribution in [0.3, 0.4) is 0 Å². The van der Waals surface area contributed by atoms with Gasteiger partial charge in [0.05, 0.1) is 10.4 Å². The molecular weight excluding hydrogens is 207 g/mol. The van der Waals surface area contributed by atoms with Gasteiger partial charge in [0.15, 0.2) is 5.78 Å². The van der Waals surface area contributed by atoms with E-state index in [2.05, 4.69) is 0 Å². The normalized spacial score (nSPS) is 12.6. The average molecular weight is 217 g/mol. The molecule has 0 amide bonds. The third-order valence-corrected chi connectivity index (χ3v) is 2.26. The number of rotatable bonds is 2. The molecule has 13 heavy (non-hydrogen) atoms. The summed E-state index contributed by atoms with van der Waals surface area (Å²) >= 11 is 11.6. The van der Waals surface area contributed by atoms with E-state index < -0.39 is 5.38 Å². The predicted molar refractivity (Wildman–Crippen MR) is 55.8 cm³/mol. The summed E-state index contributed by atoms with van der Waals surface area (Å²) in [5.74, 6) is -0.133. The number of aryl methyl sites for hydroxylation is 1. The Labute approximate surface area is 87.7 Å². The molecular formula is C10H10Cl2O. The number of ketones is 1. The minimum Gasteiger partial charge on any atom is -0.292 e. The molecule has 1 aromatic rings. The van der Waals surface area contributed by atoms with Crippen LogP contribution in [0.4, 0.5) is 0 Å². The summed E-state index contributed by atoms with van der Waals surface area (Å²) in [4.78, 5) is 11.5. The van der Waals surface area contributed by atoms with Crippen molar-refractivity contribution in [1.29, 1.82) is 0 Å². The van der Waals surface area contributed by atoms with Gasteiger partial charge in [-0.2, -0.15) is 0 Å². The van der Waals surface area contributed by atoms with Crippen molar-refractivity contribution in [2.24, 2.45) is 0 Å². The van der Waals surface area contributed by atoms with Crippen LogP contribution in [0.25, 0.3) is 0 Å². The van der Waals surface area contributed by atoms with Crippen LogP contribution in [0.15, 0.2) is 18.2 Å². The molecule has 0 saturated carbocycles. The Morgan fingerprint density at radius 1 is 1.46 bits per heavy atom. The summed E-state index contributed by atoms with van der Waals surface area (Å²) in [7, 11) is 0. The lowest BCUT2D eigenvalue weighted by Gasteiger charge is -2.05. The number of hydrogen-bond donors (Lipinski definition) is 0. The highest BCUT2D eigenvalue weighted by Crippen LogP contribution is 2.20. The van der Waals surface area contributed by atoms with E-state index in [9.17, 15) is 4.79 Å². The minimum atomic E-state index is -0.528. The van der Waals surface area contributed by atoms with Crippen molar-refractivity contribution in [3.63, 3.8) is 0 Å². The molecule has 0 heterocycles. The van der Waals surface area contributed by atoms with Gasteiger partial charge in [0, 0.05) is 5.56 Å². The van der Waals surface area contributed by atoms with Gasteiger partial charge in [-0.25, -0.2) is 0 Å². The second-order valence-electron chi connectivity index (χ2n) is 2.96. The zero-order valence-corrected chi connectivity index (χ0v) is 8.99. The molecule has 0 aliphatic rings. The van der Waals surface area contributed by atoms with Gasteiger partial charge < -0.3 is 0 Å². The lowest BCUT2D eigenvalue weighted by Crippen LogP contribution is -2.10. The fourth-order valence-corrected chi connectivity index (χ4v) is 1.48. The van der Waals surface area contributed by atoms with Crippen molar-refractivity contribution in [2.75, 3.05) is 0 Å². The molecule has 1 nitrogen and oxygen atoms in total. The van der Waals surface area contributed by atoms with E-state index in [1.165, 1.54) is 0 Å². The van der Waals surface area contributed by atoms with E-state index in [1.807, 2.05) is 13.0 Å². The number of Topliss-reactive ketones (excluding diaryl/α,β-unsaturated/α-hetero) is 1. The highest BCUT2D eigenvalue weighted by atomic mass is 35.5. The lowest BCUT2D eigenvalue weighted by molar-refractivity contribution is 0.0992. The van der Waals surface area contributed by atoms with E-state index >= 15 is 0 Å². The van der Waals surface area contributed by atoms with Crippen LogP contribution in [-0.2, 0) is 0 Å². The topological polar surface area (TPSA) is 17.1 Å². The molecule has 0 aliphatic heterocycles. The van der Waals surface area contributed by atoms with E-state index in [1.54, 1.807) is 19.1 Å². The average Bonchev–Trinajstić information content (AvgIpc) is 2.03. The highest BCUT2D eigenvalue weighted by molar-refractivity contribution is 6.38. The number of carbonyl (C=O) groups is 1. The summed E-state index contributed by atoms with van der Waals surface area (Å²) < 4.78 is 0. The number of hydrogen-bond acceptors (Lipinski definition) is 1. The van der Waals surface area contributed by atoms with Gasteiger partial charge in [-0.3, -0.25) is 4.79 Å². The van der Waals surface area contributed by atoms with Crippen LogP contribution < -0.4 is 0 Å². The lowest BCUT2D eigenvalue weighted by atomic mass is 10.1. The van der Waals surface area contributed by atoms with Gasteiger partial charge >= 0.3 is 0 Å². The van der Waals surface area contributed by atoms with Crippen molar-refractivity contribution in [3.8, 4) is 0 Å². The van der Waals surface area contributed by atoms with Crippen molar-refractivity contribution < 1.29 is 4.79 Å². The van der Waals surface area contributed by atoms with Crippen molar-refractivity contribution in [1.82, 2.24) is 0 Å². The molecule has 0 aromatic heterocycles. The Kier molecular flexibility index (Phi) is 3.34. The molecule has 0 spiro atoms. The maximum absolute atomic E-state index is 11.5. The molecule has 0 N–H and O–H groups in total. The Hall–Kier alpha value is -0.530. The molecule has 0 bridgehead atoms. The maximum atomic E-state index is 11.5.